The number of anilines is 1. The van der Waals surface area contributed by atoms with Gasteiger partial charge < -0.3 is 14.6 Å². The lowest BCUT2D eigenvalue weighted by Crippen LogP contribution is -2.30. The number of rotatable bonds is 8. The van der Waals surface area contributed by atoms with E-state index < -0.39 is 17.7 Å². The van der Waals surface area contributed by atoms with Gasteiger partial charge in [0.2, 0.25) is 0 Å². The molecule has 3 aromatic carbocycles. The van der Waals surface area contributed by atoms with E-state index in [1.165, 1.54) is 4.90 Å². The number of carbonyl (C=O) groups is 2. The van der Waals surface area contributed by atoms with Gasteiger partial charge in [0.15, 0.2) is 0 Å². The Morgan fingerprint density at radius 3 is 2.24 bits per heavy atom. The fourth-order valence-electron chi connectivity index (χ4n) is 4.73. The number of aryl methyl sites for hydroxylation is 1. The van der Waals surface area contributed by atoms with E-state index in [1.54, 1.807) is 12.1 Å². The molecule has 0 spiro atoms. The highest BCUT2D eigenvalue weighted by Gasteiger charge is 2.47. The maximum atomic E-state index is 13.5. The van der Waals surface area contributed by atoms with Crippen molar-refractivity contribution in [2.24, 2.45) is 0 Å². The number of ether oxygens (including phenoxy) is 2. The number of benzene rings is 3. The van der Waals surface area contributed by atoms with Crippen LogP contribution in [0.1, 0.15) is 61.9 Å². The molecule has 1 heterocycles. The lowest BCUT2D eigenvalue weighted by atomic mass is 9.93. The summed E-state index contributed by atoms with van der Waals surface area (Å²) < 4.78 is 11.4. The third kappa shape index (κ3) is 4.96. The molecule has 1 saturated heterocycles. The monoisotopic (exact) mass is 499 g/mol. The smallest absolute Gasteiger partial charge is 0.300 e. The predicted octanol–water partition coefficient (Wildman–Crippen LogP) is 6.54. The average molecular weight is 500 g/mol. The Kier molecular flexibility index (Phi) is 7.67. The van der Waals surface area contributed by atoms with Gasteiger partial charge in [0.05, 0.1) is 24.8 Å². The van der Waals surface area contributed by atoms with Crippen LogP contribution in [0.3, 0.4) is 0 Å². The number of para-hydroxylation sites is 1. The van der Waals surface area contributed by atoms with E-state index in [4.69, 9.17) is 9.47 Å². The molecule has 192 valence electrons. The molecule has 1 unspecified atom stereocenters. The summed E-state index contributed by atoms with van der Waals surface area (Å²) >= 11 is 0. The van der Waals surface area contributed by atoms with E-state index in [0.29, 0.717) is 35.8 Å². The van der Waals surface area contributed by atoms with Crippen molar-refractivity contribution in [2.75, 3.05) is 18.1 Å². The highest BCUT2D eigenvalue weighted by atomic mass is 16.5. The summed E-state index contributed by atoms with van der Waals surface area (Å²) in [5.41, 5.74) is 3.60. The van der Waals surface area contributed by atoms with Crippen molar-refractivity contribution < 1.29 is 24.2 Å². The van der Waals surface area contributed by atoms with Gasteiger partial charge in [0, 0.05) is 11.3 Å². The molecular weight excluding hydrogens is 466 g/mol. The number of amides is 1. The summed E-state index contributed by atoms with van der Waals surface area (Å²) in [6.45, 7) is 10.8. The normalized spacial score (nSPS) is 16.9. The first-order chi connectivity index (χ1) is 17.8. The van der Waals surface area contributed by atoms with Gasteiger partial charge in [0.25, 0.3) is 11.7 Å². The van der Waals surface area contributed by atoms with Crippen molar-refractivity contribution in [3.05, 3.63) is 94.6 Å². The van der Waals surface area contributed by atoms with Gasteiger partial charge in [-0.2, -0.15) is 0 Å². The first-order valence-electron chi connectivity index (χ1n) is 12.6. The minimum absolute atomic E-state index is 0.0521. The van der Waals surface area contributed by atoms with E-state index >= 15 is 0 Å². The summed E-state index contributed by atoms with van der Waals surface area (Å²) in [6.07, 6.45) is 0. The van der Waals surface area contributed by atoms with Crippen LogP contribution in [0.25, 0.3) is 5.76 Å². The zero-order valence-corrected chi connectivity index (χ0v) is 21.9. The van der Waals surface area contributed by atoms with Crippen LogP contribution in [-0.2, 0) is 9.59 Å². The van der Waals surface area contributed by atoms with Gasteiger partial charge >= 0.3 is 0 Å². The standard InChI is InChI=1S/C31H33NO5/c1-6-36-23-15-12-21(13-16-23)28-27(30(34)31(35)32(28)25-11-9-8-10-20(25)5)29(33)22-14-17-26(37-7-2)24(18-22)19(3)4/h8-19,28,33H,6-7H2,1-5H3/b29-27-. The van der Waals surface area contributed by atoms with E-state index in [9.17, 15) is 14.7 Å². The fraction of sp³-hybridized carbons (Fsp3) is 0.290. The van der Waals surface area contributed by atoms with Gasteiger partial charge in [0.1, 0.15) is 17.3 Å². The molecule has 1 aliphatic heterocycles. The second-order valence-corrected chi connectivity index (χ2v) is 9.30. The topological polar surface area (TPSA) is 76.1 Å². The van der Waals surface area contributed by atoms with Crippen molar-refractivity contribution in [2.45, 2.75) is 46.6 Å². The van der Waals surface area contributed by atoms with Crippen LogP contribution in [0, 0.1) is 6.92 Å². The van der Waals surface area contributed by atoms with Crippen molar-refractivity contribution in [1.29, 1.82) is 0 Å². The highest BCUT2D eigenvalue weighted by Crippen LogP contribution is 2.44. The Morgan fingerprint density at radius 2 is 1.62 bits per heavy atom. The number of Topliss-reactive ketones (excluding diaryl/α,β-unsaturated/α-hetero) is 1. The van der Waals surface area contributed by atoms with Crippen LogP contribution in [0.2, 0.25) is 0 Å². The molecule has 1 atom stereocenters. The quantitative estimate of drug-likeness (QED) is 0.216. The van der Waals surface area contributed by atoms with Crippen molar-refractivity contribution >= 4 is 23.1 Å². The van der Waals surface area contributed by atoms with Crippen LogP contribution in [0.5, 0.6) is 11.5 Å². The third-order valence-electron chi connectivity index (χ3n) is 6.53. The minimum atomic E-state index is -0.800. The van der Waals surface area contributed by atoms with Crippen LogP contribution in [0.15, 0.2) is 72.3 Å². The van der Waals surface area contributed by atoms with E-state index in [-0.39, 0.29) is 17.3 Å². The molecular formula is C31H33NO5. The third-order valence-corrected chi connectivity index (χ3v) is 6.53. The lowest BCUT2D eigenvalue weighted by Gasteiger charge is -2.27. The largest absolute Gasteiger partial charge is 0.507 e. The van der Waals surface area contributed by atoms with Crippen LogP contribution < -0.4 is 14.4 Å². The number of hydrogen-bond donors (Lipinski definition) is 1. The van der Waals surface area contributed by atoms with Crippen molar-refractivity contribution in [3.63, 3.8) is 0 Å². The molecule has 0 bridgehead atoms. The average Bonchev–Trinajstić information content (AvgIpc) is 3.15. The van der Waals surface area contributed by atoms with Gasteiger partial charge in [-0.3, -0.25) is 14.5 Å². The molecule has 6 nitrogen and oxygen atoms in total. The minimum Gasteiger partial charge on any atom is -0.507 e. The zero-order chi connectivity index (χ0) is 26.7. The number of ketones is 1. The van der Waals surface area contributed by atoms with Gasteiger partial charge in [-0.25, -0.2) is 0 Å². The maximum absolute atomic E-state index is 13.5. The molecule has 6 heteroatoms. The molecule has 4 rings (SSSR count). The van der Waals surface area contributed by atoms with E-state index in [1.807, 2.05) is 89.2 Å². The highest BCUT2D eigenvalue weighted by molar-refractivity contribution is 6.51. The number of nitrogens with zero attached hydrogens (tertiary/aromatic N) is 1. The predicted molar refractivity (Wildman–Crippen MR) is 145 cm³/mol. The van der Waals surface area contributed by atoms with Crippen molar-refractivity contribution in [1.82, 2.24) is 0 Å². The number of hydrogen-bond acceptors (Lipinski definition) is 5. The Hall–Kier alpha value is -4.06. The van der Waals surface area contributed by atoms with Crippen molar-refractivity contribution in [3.8, 4) is 11.5 Å². The fourth-order valence-corrected chi connectivity index (χ4v) is 4.73. The molecule has 0 aliphatic carbocycles. The molecule has 3 aromatic rings. The second-order valence-electron chi connectivity index (χ2n) is 9.30. The molecule has 0 saturated carbocycles. The zero-order valence-electron chi connectivity index (χ0n) is 21.9. The Bertz CT molecular complexity index is 1340. The molecule has 37 heavy (non-hydrogen) atoms. The van der Waals surface area contributed by atoms with Gasteiger partial charge in [-0.1, -0.05) is 44.2 Å². The van der Waals surface area contributed by atoms with E-state index in [0.717, 1.165) is 16.9 Å². The molecule has 1 amide bonds. The first kappa shape index (κ1) is 26.0. The number of aliphatic hydroxyl groups is 1. The number of carbonyl (C=O) groups excluding carboxylic acids is 2. The SMILES string of the molecule is CCOc1ccc(C2/C(=C(/O)c3ccc(OCC)c(C(C)C)c3)C(=O)C(=O)N2c2ccccc2C)cc1. The summed E-state index contributed by atoms with van der Waals surface area (Å²) in [5.74, 6) is -0.0575. The maximum Gasteiger partial charge on any atom is 0.300 e. The first-order valence-corrected chi connectivity index (χ1v) is 12.6. The summed E-state index contributed by atoms with van der Waals surface area (Å²) in [5, 5.41) is 11.6. The lowest BCUT2D eigenvalue weighted by molar-refractivity contribution is -0.132. The molecule has 1 fully saturated rings. The Morgan fingerprint density at radius 1 is 0.946 bits per heavy atom. The Labute approximate surface area is 218 Å². The second kappa shape index (κ2) is 10.9. The molecule has 1 N–H and O–H groups in total. The Balaban J connectivity index is 1.92. The molecule has 1 aliphatic rings. The van der Waals surface area contributed by atoms with Crippen LogP contribution in [0.4, 0.5) is 5.69 Å². The van der Waals surface area contributed by atoms with E-state index in [2.05, 4.69) is 0 Å². The summed E-state index contributed by atoms with van der Waals surface area (Å²) in [6, 6.07) is 19.3. The number of aliphatic hydroxyl groups excluding tert-OH is 1. The van der Waals surface area contributed by atoms with Crippen LogP contribution in [-0.4, -0.2) is 30.0 Å². The van der Waals surface area contributed by atoms with Gasteiger partial charge in [-0.15, -0.1) is 0 Å². The van der Waals surface area contributed by atoms with Gasteiger partial charge in [-0.05, 0) is 79.8 Å². The van der Waals surface area contributed by atoms with Crippen LogP contribution >= 0.6 is 0 Å². The molecule has 0 aromatic heterocycles. The summed E-state index contributed by atoms with van der Waals surface area (Å²) in [4.78, 5) is 28.4. The molecule has 0 radical (unpaired) electrons. The summed E-state index contributed by atoms with van der Waals surface area (Å²) in [7, 11) is 0.